The molecule has 0 unspecified atom stereocenters. The van der Waals surface area contributed by atoms with Crippen molar-refractivity contribution in [3.63, 3.8) is 0 Å². The number of carbonyl (C=O) groups excluding carboxylic acids is 1. The minimum atomic E-state index is -3.77. The van der Waals surface area contributed by atoms with E-state index >= 15 is 0 Å². The van der Waals surface area contributed by atoms with E-state index in [-0.39, 0.29) is 22.6 Å². The number of sulfonamides is 1. The average Bonchev–Trinajstić information content (AvgIpc) is 2.25. The van der Waals surface area contributed by atoms with Crippen LogP contribution in [0.5, 0.6) is 0 Å². The van der Waals surface area contributed by atoms with Crippen molar-refractivity contribution in [2.24, 2.45) is 5.14 Å². The smallest absolute Gasteiger partial charge is 0.238 e. The van der Waals surface area contributed by atoms with Crippen LogP contribution in [-0.4, -0.2) is 14.3 Å². The molecule has 20 heavy (non-hydrogen) atoms. The Bertz CT molecular complexity index is 590. The number of amides is 1. The maximum absolute atomic E-state index is 11.6. The zero-order valence-electron chi connectivity index (χ0n) is 12.5. The van der Waals surface area contributed by atoms with E-state index in [1.54, 1.807) is 0 Å². The molecule has 5 nitrogen and oxygen atoms in total. The molecule has 0 fully saturated rings. The Balaban J connectivity index is 3.67. The first-order chi connectivity index (χ1) is 9.04. The fourth-order valence-corrected chi connectivity index (χ4v) is 2.64. The van der Waals surface area contributed by atoms with Crippen LogP contribution >= 0.6 is 0 Å². The van der Waals surface area contributed by atoms with Crippen LogP contribution in [0.1, 0.15) is 57.6 Å². The molecular formula is C14H22N2O3S. The van der Waals surface area contributed by atoms with E-state index in [1.165, 1.54) is 19.1 Å². The second kappa shape index (κ2) is 5.93. The topological polar surface area (TPSA) is 89.3 Å². The van der Waals surface area contributed by atoms with Gasteiger partial charge >= 0.3 is 0 Å². The summed E-state index contributed by atoms with van der Waals surface area (Å²) >= 11 is 0. The monoisotopic (exact) mass is 298 g/mol. The number of rotatable bonds is 4. The minimum Gasteiger partial charge on any atom is -0.326 e. The van der Waals surface area contributed by atoms with Crippen LogP contribution in [0.25, 0.3) is 0 Å². The molecule has 0 aliphatic carbocycles. The fraction of sp³-hybridized carbons (Fsp3) is 0.500. The van der Waals surface area contributed by atoms with Crippen molar-refractivity contribution in [2.75, 3.05) is 5.32 Å². The Kier molecular flexibility index (Phi) is 4.94. The molecule has 0 saturated carbocycles. The van der Waals surface area contributed by atoms with Crippen molar-refractivity contribution in [1.82, 2.24) is 0 Å². The van der Waals surface area contributed by atoms with Crippen molar-refractivity contribution in [1.29, 1.82) is 0 Å². The highest BCUT2D eigenvalue weighted by Crippen LogP contribution is 2.34. The Hall–Kier alpha value is -1.40. The van der Waals surface area contributed by atoms with Gasteiger partial charge in [-0.25, -0.2) is 13.6 Å². The molecular weight excluding hydrogens is 276 g/mol. The van der Waals surface area contributed by atoms with Gasteiger partial charge in [0.2, 0.25) is 15.9 Å². The molecule has 0 spiro atoms. The Morgan fingerprint density at radius 2 is 1.50 bits per heavy atom. The SMILES string of the molecule is CC(=O)Nc1c(C(C)C)cc(S(N)(=O)=O)cc1C(C)C. The van der Waals surface area contributed by atoms with Crippen molar-refractivity contribution in [2.45, 2.75) is 51.3 Å². The molecule has 112 valence electrons. The molecule has 3 N–H and O–H groups in total. The number of hydrogen-bond donors (Lipinski definition) is 2. The predicted molar refractivity (Wildman–Crippen MR) is 80.3 cm³/mol. The van der Waals surface area contributed by atoms with Crippen LogP contribution in [0.3, 0.4) is 0 Å². The average molecular weight is 298 g/mol. The van der Waals surface area contributed by atoms with Crippen molar-refractivity contribution in [3.05, 3.63) is 23.3 Å². The Morgan fingerprint density at radius 1 is 1.10 bits per heavy atom. The lowest BCUT2D eigenvalue weighted by Gasteiger charge is -2.21. The molecule has 0 aromatic heterocycles. The standard InChI is InChI=1S/C14H22N2O3S/c1-8(2)12-6-11(20(15,18)19)7-13(9(3)4)14(12)16-10(5)17/h6-9H,1-5H3,(H,16,17)(H2,15,18,19). The van der Waals surface area contributed by atoms with Crippen molar-refractivity contribution < 1.29 is 13.2 Å². The predicted octanol–water partition coefficient (Wildman–Crippen LogP) is 2.54. The van der Waals surface area contributed by atoms with Gasteiger partial charge in [0.25, 0.3) is 0 Å². The van der Waals surface area contributed by atoms with Crippen molar-refractivity contribution in [3.8, 4) is 0 Å². The van der Waals surface area contributed by atoms with Gasteiger partial charge < -0.3 is 5.32 Å². The fourth-order valence-electron chi connectivity index (χ4n) is 2.05. The van der Waals surface area contributed by atoms with Gasteiger partial charge in [-0.15, -0.1) is 0 Å². The van der Waals surface area contributed by atoms with Gasteiger partial charge in [0, 0.05) is 12.6 Å². The summed E-state index contributed by atoms with van der Waals surface area (Å²) in [6.07, 6.45) is 0. The maximum atomic E-state index is 11.6. The van der Waals surface area contributed by atoms with E-state index in [1.807, 2.05) is 27.7 Å². The van der Waals surface area contributed by atoms with Crippen LogP contribution in [0, 0.1) is 0 Å². The molecule has 0 heterocycles. The summed E-state index contributed by atoms with van der Waals surface area (Å²) in [5.41, 5.74) is 2.24. The van der Waals surface area contributed by atoms with Gasteiger partial charge in [0.15, 0.2) is 0 Å². The van der Waals surface area contributed by atoms with Gasteiger partial charge in [0.05, 0.1) is 4.90 Å². The van der Waals surface area contributed by atoms with Crippen LogP contribution in [0.2, 0.25) is 0 Å². The maximum Gasteiger partial charge on any atom is 0.238 e. The quantitative estimate of drug-likeness (QED) is 0.895. The molecule has 6 heteroatoms. The summed E-state index contributed by atoms with van der Waals surface area (Å²) in [7, 11) is -3.77. The first-order valence-corrected chi connectivity index (χ1v) is 8.07. The minimum absolute atomic E-state index is 0.0658. The first-order valence-electron chi connectivity index (χ1n) is 6.52. The molecule has 1 rings (SSSR count). The van der Waals surface area contributed by atoms with Gasteiger partial charge in [-0.2, -0.15) is 0 Å². The number of carbonyl (C=O) groups is 1. The number of nitrogens with one attached hydrogen (secondary N) is 1. The molecule has 0 atom stereocenters. The zero-order valence-corrected chi connectivity index (χ0v) is 13.3. The van der Waals surface area contributed by atoms with Crippen LogP contribution < -0.4 is 10.5 Å². The number of nitrogens with two attached hydrogens (primary N) is 1. The van der Waals surface area contributed by atoms with Crippen LogP contribution in [0.4, 0.5) is 5.69 Å². The molecule has 0 bridgehead atoms. The highest BCUT2D eigenvalue weighted by atomic mass is 32.2. The van der Waals surface area contributed by atoms with E-state index in [0.717, 1.165) is 11.1 Å². The third kappa shape index (κ3) is 3.80. The van der Waals surface area contributed by atoms with E-state index < -0.39 is 10.0 Å². The molecule has 1 aromatic rings. The highest BCUT2D eigenvalue weighted by molar-refractivity contribution is 7.89. The molecule has 0 aliphatic rings. The molecule has 1 amide bonds. The lowest BCUT2D eigenvalue weighted by atomic mass is 9.92. The van der Waals surface area contributed by atoms with Gasteiger partial charge in [0.1, 0.15) is 0 Å². The van der Waals surface area contributed by atoms with Gasteiger partial charge in [-0.1, -0.05) is 27.7 Å². The van der Waals surface area contributed by atoms with Crippen molar-refractivity contribution >= 4 is 21.6 Å². The van der Waals surface area contributed by atoms with Crippen LogP contribution in [-0.2, 0) is 14.8 Å². The van der Waals surface area contributed by atoms with E-state index in [9.17, 15) is 13.2 Å². The summed E-state index contributed by atoms with van der Waals surface area (Å²) in [6, 6.07) is 3.08. The first kappa shape index (κ1) is 16.7. The largest absolute Gasteiger partial charge is 0.326 e. The van der Waals surface area contributed by atoms with Crippen LogP contribution in [0.15, 0.2) is 17.0 Å². The second-order valence-corrected chi connectivity index (χ2v) is 7.07. The highest BCUT2D eigenvalue weighted by Gasteiger charge is 2.20. The van der Waals surface area contributed by atoms with E-state index in [0.29, 0.717) is 5.69 Å². The summed E-state index contributed by atoms with van der Waals surface area (Å²) in [6.45, 7) is 9.20. The lowest BCUT2D eigenvalue weighted by Crippen LogP contribution is -2.17. The van der Waals surface area contributed by atoms with E-state index in [2.05, 4.69) is 5.32 Å². The number of anilines is 1. The number of primary sulfonamides is 1. The molecule has 1 aromatic carbocycles. The Labute approximate surface area is 120 Å². The summed E-state index contributed by atoms with van der Waals surface area (Å²) in [5, 5.41) is 8.04. The third-order valence-corrected chi connectivity index (χ3v) is 3.94. The molecule has 0 radical (unpaired) electrons. The van der Waals surface area contributed by atoms with Gasteiger partial charge in [-0.05, 0) is 35.1 Å². The normalized spacial score (nSPS) is 12.0. The molecule has 0 aliphatic heterocycles. The van der Waals surface area contributed by atoms with Gasteiger partial charge in [-0.3, -0.25) is 4.79 Å². The summed E-state index contributed by atoms with van der Waals surface area (Å²) in [5.74, 6) is -0.0516. The molecule has 0 saturated heterocycles. The lowest BCUT2D eigenvalue weighted by molar-refractivity contribution is -0.114. The summed E-state index contributed by atoms with van der Waals surface area (Å²) < 4.78 is 23.2. The number of hydrogen-bond acceptors (Lipinski definition) is 3. The number of benzene rings is 1. The third-order valence-electron chi connectivity index (χ3n) is 3.05. The zero-order chi connectivity index (χ0) is 15.7. The van der Waals surface area contributed by atoms with E-state index in [4.69, 9.17) is 5.14 Å². The second-order valence-electron chi connectivity index (χ2n) is 5.51. The Morgan fingerprint density at radius 3 is 1.75 bits per heavy atom. The summed E-state index contributed by atoms with van der Waals surface area (Å²) in [4.78, 5) is 11.5.